The van der Waals surface area contributed by atoms with E-state index in [2.05, 4.69) is 16.4 Å². The molecule has 1 saturated carbocycles. The van der Waals surface area contributed by atoms with Crippen LogP contribution in [0, 0.1) is 17.2 Å². The van der Waals surface area contributed by atoms with Crippen molar-refractivity contribution in [3.8, 4) is 6.07 Å². The molecule has 0 unspecified atom stereocenters. The van der Waals surface area contributed by atoms with Gasteiger partial charge in [-0.1, -0.05) is 0 Å². The van der Waals surface area contributed by atoms with Gasteiger partial charge in [0.05, 0.1) is 11.6 Å². The number of hydrogen-bond acceptors (Lipinski definition) is 4. The van der Waals surface area contributed by atoms with Gasteiger partial charge in [-0.15, -0.1) is 0 Å². The van der Waals surface area contributed by atoms with Gasteiger partial charge in [0, 0.05) is 26.0 Å². The van der Waals surface area contributed by atoms with Gasteiger partial charge in [-0.3, -0.25) is 0 Å². The molecule has 1 heterocycles. The van der Waals surface area contributed by atoms with Crippen LogP contribution in [-0.4, -0.2) is 24.7 Å². The number of anilines is 1. The van der Waals surface area contributed by atoms with Crippen molar-refractivity contribution in [1.82, 2.24) is 4.98 Å². The zero-order valence-electron chi connectivity index (χ0n) is 9.85. The first-order valence-electron chi connectivity index (χ1n) is 6.06. The van der Waals surface area contributed by atoms with Crippen LogP contribution in [0.5, 0.6) is 0 Å². The first-order valence-corrected chi connectivity index (χ1v) is 6.06. The van der Waals surface area contributed by atoms with Gasteiger partial charge in [-0.2, -0.15) is 5.26 Å². The van der Waals surface area contributed by atoms with Crippen LogP contribution in [0.1, 0.15) is 24.8 Å². The molecule has 0 aromatic carbocycles. The lowest BCUT2D eigenvalue weighted by Gasteiger charge is -2.06. The zero-order chi connectivity index (χ0) is 11.9. The number of nitrogens with one attached hydrogen (secondary N) is 1. The summed E-state index contributed by atoms with van der Waals surface area (Å²) in [6.07, 6.45) is 5.28. The van der Waals surface area contributed by atoms with Crippen LogP contribution in [0.25, 0.3) is 0 Å². The lowest BCUT2D eigenvalue weighted by atomic mass is 10.3. The fraction of sp³-hybridized carbons (Fsp3) is 0.538. The van der Waals surface area contributed by atoms with Crippen molar-refractivity contribution in [2.45, 2.75) is 19.3 Å². The second-order valence-electron chi connectivity index (χ2n) is 4.34. The maximum Gasteiger partial charge on any atom is 0.127 e. The normalized spacial score (nSPS) is 14.3. The molecule has 2 rings (SSSR count). The first-order chi connectivity index (χ1) is 8.38. The van der Waals surface area contributed by atoms with E-state index in [9.17, 15) is 0 Å². The fourth-order valence-electron chi connectivity index (χ4n) is 1.52. The third kappa shape index (κ3) is 4.41. The molecule has 0 saturated heterocycles. The summed E-state index contributed by atoms with van der Waals surface area (Å²) in [5, 5.41) is 11.9. The smallest absolute Gasteiger partial charge is 0.127 e. The van der Waals surface area contributed by atoms with Gasteiger partial charge in [-0.05, 0) is 37.3 Å². The highest BCUT2D eigenvalue weighted by Crippen LogP contribution is 2.28. The van der Waals surface area contributed by atoms with Gasteiger partial charge in [-0.25, -0.2) is 4.98 Å². The van der Waals surface area contributed by atoms with Gasteiger partial charge in [0.2, 0.25) is 0 Å². The van der Waals surface area contributed by atoms with Crippen molar-refractivity contribution in [2.75, 3.05) is 25.1 Å². The number of nitriles is 1. The standard InChI is InChI=1S/C13H17N3O/c14-9-12-4-6-16-13(8-12)15-5-1-7-17-10-11-2-3-11/h4,6,8,11H,1-3,5,7,10H2,(H,15,16). The van der Waals surface area contributed by atoms with E-state index in [0.29, 0.717) is 5.56 Å². The molecule has 1 aliphatic rings. The summed E-state index contributed by atoms with van der Waals surface area (Å²) in [5.41, 5.74) is 0.632. The summed E-state index contributed by atoms with van der Waals surface area (Å²) >= 11 is 0. The van der Waals surface area contributed by atoms with Crippen LogP contribution >= 0.6 is 0 Å². The molecule has 0 spiro atoms. The molecule has 0 radical (unpaired) electrons. The molecule has 17 heavy (non-hydrogen) atoms. The second kappa shape index (κ2) is 6.21. The average Bonchev–Trinajstić information content (AvgIpc) is 3.18. The number of ether oxygens (including phenoxy) is 1. The molecule has 1 aromatic heterocycles. The van der Waals surface area contributed by atoms with E-state index >= 15 is 0 Å². The Morgan fingerprint density at radius 3 is 3.18 bits per heavy atom. The molecular weight excluding hydrogens is 214 g/mol. The molecule has 90 valence electrons. The molecule has 0 amide bonds. The minimum absolute atomic E-state index is 0.632. The molecule has 0 atom stereocenters. The van der Waals surface area contributed by atoms with E-state index in [-0.39, 0.29) is 0 Å². The number of pyridine rings is 1. The van der Waals surface area contributed by atoms with Crippen molar-refractivity contribution in [2.24, 2.45) is 5.92 Å². The molecule has 4 nitrogen and oxygen atoms in total. The quantitative estimate of drug-likeness (QED) is 0.731. The summed E-state index contributed by atoms with van der Waals surface area (Å²) in [6.45, 7) is 2.54. The first kappa shape index (κ1) is 11.9. The van der Waals surface area contributed by atoms with Crippen LogP contribution in [0.3, 0.4) is 0 Å². The lowest BCUT2D eigenvalue weighted by molar-refractivity contribution is 0.124. The number of nitrogens with zero attached hydrogens (tertiary/aromatic N) is 2. The molecule has 4 heteroatoms. The second-order valence-corrected chi connectivity index (χ2v) is 4.34. The van der Waals surface area contributed by atoms with Gasteiger partial charge in [0.15, 0.2) is 0 Å². The maximum absolute atomic E-state index is 8.74. The lowest BCUT2D eigenvalue weighted by Crippen LogP contribution is -2.07. The predicted octanol–water partition coefficient (Wildman–Crippen LogP) is 2.18. The molecule has 1 N–H and O–H groups in total. The van der Waals surface area contributed by atoms with Crippen LogP contribution < -0.4 is 5.32 Å². The van der Waals surface area contributed by atoms with E-state index in [1.807, 2.05) is 0 Å². The fourth-order valence-corrected chi connectivity index (χ4v) is 1.52. The highest BCUT2D eigenvalue weighted by Gasteiger charge is 2.20. The van der Waals surface area contributed by atoms with E-state index < -0.39 is 0 Å². The third-order valence-electron chi connectivity index (χ3n) is 2.71. The Balaban J connectivity index is 1.58. The van der Waals surface area contributed by atoms with Crippen molar-refractivity contribution in [1.29, 1.82) is 5.26 Å². The van der Waals surface area contributed by atoms with Crippen molar-refractivity contribution in [3.63, 3.8) is 0 Å². The largest absolute Gasteiger partial charge is 0.381 e. The minimum atomic E-state index is 0.632. The Morgan fingerprint density at radius 1 is 1.53 bits per heavy atom. The van der Waals surface area contributed by atoms with Crippen molar-refractivity contribution < 1.29 is 4.74 Å². The number of hydrogen-bond donors (Lipinski definition) is 1. The Morgan fingerprint density at radius 2 is 2.41 bits per heavy atom. The summed E-state index contributed by atoms with van der Waals surface area (Å²) in [6, 6.07) is 5.55. The Bertz CT molecular complexity index is 396. The maximum atomic E-state index is 8.74. The summed E-state index contributed by atoms with van der Waals surface area (Å²) < 4.78 is 5.53. The molecule has 0 bridgehead atoms. The predicted molar refractivity (Wildman–Crippen MR) is 65.6 cm³/mol. The number of aromatic nitrogens is 1. The number of rotatable bonds is 7. The topological polar surface area (TPSA) is 57.9 Å². The minimum Gasteiger partial charge on any atom is -0.381 e. The Kier molecular flexibility index (Phi) is 4.34. The highest BCUT2D eigenvalue weighted by molar-refractivity contribution is 5.42. The summed E-state index contributed by atoms with van der Waals surface area (Å²) in [5.74, 6) is 1.59. The Labute approximate surface area is 102 Å². The van der Waals surface area contributed by atoms with Crippen molar-refractivity contribution in [3.05, 3.63) is 23.9 Å². The zero-order valence-corrected chi connectivity index (χ0v) is 9.85. The monoisotopic (exact) mass is 231 g/mol. The molecule has 0 aliphatic heterocycles. The van der Waals surface area contributed by atoms with Crippen LogP contribution in [0.4, 0.5) is 5.82 Å². The summed E-state index contributed by atoms with van der Waals surface area (Å²) in [4.78, 5) is 4.14. The van der Waals surface area contributed by atoms with Gasteiger partial charge in [0.1, 0.15) is 5.82 Å². The molecule has 1 aliphatic carbocycles. The summed E-state index contributed by atoms with van der Waals surface area (Å²) in [7, 11) is 0. The van der Waals surface area contributed by atoms with Crippen LogP contribution in [-0.2, 0) is 4.74 Å². The van der Waals surface area contributed by atoms with E-state index in [0.717, 1.165) is 37.9 Å². The van der Waals surface area contributed by atoms with Crippen LogP contribution in [0.2, 0.25) is 0 Å². The average molecular weight is 231 g/mol. The van der Waals surface area contributed by atoms with Gasteiger partial charge in [0.25, 0.3) is 0 Å². The molecule has 1 aromatic rings. The van der Waals surface area contributed by atoms with E-state index in [1.165, 1.54) is 12.8 Å². The van der Waals surface area contributed by atoms with E-state index in [4.69, 9.17) is 10.00 Å². The highest BCUT2D eigenvalue weighted by atomic mass is 16.5. The van der Waals surface area contributed by atoms with E-state index in [1.54, 1.807) is 18.3 Å². The van der Waals surface area contributed by atoms with Gasteiger partial charge >= 0.3 is 0 Å². The third-order valence-corrected chi connectivity index (χ3v) is 2.71. The van der Waals surface area contributed by atoms with Crippen molar-refractivity contribution >= 4 is 5.82 Å². The Hall–Kier alpha value is -1.60. The SMILES string of the molecule is N#Cc1ccnc(NCCCOCC2CC2)c1. The van der Waals surface area contributed by atoms with Crippen LogP contribution in [0.15, 0.2) is 18.3 Å². The van der Waals surface area contributed by atoms with Gasteiger partial charge < -0.3 is 10.1 Å². The molecular formula is C13H17N3O. The molecule has 1 fully saturated rings.